The molecule has 1 heterocycles. The van der Waals surface area contributed by atoms with E-state index in [2.05, 4.69) is 24.8 Å². The third kappa shape index (κ3) is 1.66. The first-order valence-corrected chi connectivity index (χ1v) is 5.65. The monoisotopic (exact) mass is 210 g/mol. The van der Waals surface area contributed by atoms with Gasteiger partial charge in [0.15, 0.2) is 0 Å². The maximum Gasteiger partial charge on any atom is 0.114 e. The van der Waals surface area contributed by atoms with Crippen molar-refractivity contribution < 1.29 is 0 Å². The number of hydrogen-bond donors (Lipinski definition) is 0. The van der Waals surface area contributed by atoms with Gasteiger partial charge in [-0.3, -0.25) is 0 Å². The zero-order valence-corrected chi connectivity index (χ0v) is 9.47. The number of rotatable bonds is 1. The molecule has 1 aromatic heterocycles. The van der Waals surface area contributed by atoms with Crippen molar-refractivity contribution >= 4 is 40.8 Å². The lowest BCUT2D eigenvalue weighted by atomic mass is 9.92. The van der Waals surface area contributed by atoms with Crippen LogP contribution in [0.1, 0.15) is 6.92 Å². The molecule has 0 amide bonds. The van der Waals surface area contributed by atoms with Crippen LogP contribution in [-0.4, -0.2) is 7.85 Å². The molecule has 2 rings (SSSR count). The standard InChI is InChI=1S/C13H11BS/c1-3-10(14)13-9-7-5-6-8-12(9)15-11(13)4-2/h3-8H,1H2,2H3/b11-4+,13-10+. The van der Waals surface area contributed by atoms with Gasteiger partial charge in [-0.2, -0.15) is 0 Å². The molecular weight excluding hydrogens is 199 g/mol. The summed E-state index contributed by atoms with van der Waals surface area (Å²) in [4.78, 5) is 0. The van der Waals surface area contributed by atoms with Crippen LogP contribution >= 0.6 is 11.3 Å². The van der Waals surface area contributed by atoms with Crippen LogP contribution in [0.5, 0.6) is 0 Å². The summed E-state index contributed by atoms with van der Waals surface area (Å²) >= 11 is 1.76. The summed E-state index contributed by atoms with van der Waals surface area (Å²) in [6.07, 6.45) is 3.80. The molecule has 2 aromatic rings. The lowest BCUT2D eigenvalue weighted by Gasteiger charge is -1.91. The summed E-state index contributed by atoms with van der Waals surface area (Å²) in [5.74, 6) is 0. The van der Waals surface area contributed by atoms with Gasteiger partial charge in [-0.1, -0.05) is 42.4 Å². The third-order valence-corrected chi connectivity index (χ3v) is 3.63. The van der Waals surface area contributed by atoms with E-state index in [0.29, 0.717) is 0 Å². The van der Waals surface area contributed by atoms with Crippen LogP contribution in [-0.2, 0) is 0 Å². The highest BCUT2D eigenvalue weighted by Crippen LogP contribution is 2.12. The molecule has 0 aliphatic heterocycles. The Labute approximate surface area is 94.7 Å². The summed E-state index contributed by atoms with van der Waals surface area (Å²) in [6.45, 7) is 5.76. The van der Waals surface area contributed by atoms with Gasteiger partial charge >= 0.3 is 0 Å². The second-order valence-electron chi connectivity index (χ2n) is 3.29. The van der Waals surface area contributed by atoms with Gasteiger partial charge in [-0.15, -0.1) is 11.3 Å². The first kappa shape index (κ1) is 10.2. The summed E-state index contributed by atoms with van der Waals surface area (Å²) in [5, 5.41) is 2.33. The minimum Gasteiger partial charge on any atom is -0.136 e. The van der Waals surface area contributed by atoms with E-state index in [1.54, 1.807) is 17.4 Å². The fourth-order valence-corrected chi connectivity index (χ4v) is 2.78. The average Bonchev–Trinajstić information content (AvgIpc) is 2.66. The van der Waals surface area contributed by atoms with Gasteiger partial charge in [0, 0.05) is 9.23 Å². The Morgan fingerprint density at radius 3 is 2.80 bits per heavy atom. The Morgan fingerprint density at radius 2 is 2.13 bits per heavy atom. The molecule has 0 bridgehead atoms. The Kier molecular flexibility index (Phi) is 2.78. The zero-order chi connectivity index (χ0) is 10.8. The van der Waals surface area contributed by atoms with E-state index >= 15 is 0 Å². The van der Waals surface area contributed by atoms with E-state index in [1.807, 2.05) is 19.1 Å². The Bertz CT molecular complexity index is 620. The van der Waals surface area contributed by atoms with Crippen molar-refractivity contribution in [1.82, 2.24) is 0 Å². The molecule has 15 heavy (non-hydrogen) atoms. The lowest BCUT2D eigenvalue weighted by Crippen LogP contribution is -2.21. The van der Waals surface area contributed by atoms with Crippen LogP contribution in [0.15, 0.2) is 36.9 Å². The summed E-state index contributed by atoms with van der Waals surface area (Å²) < 4.78 is 2.49. The molecule has 0 aliphatic rings. The molecule has 2 heteroatoms. The molecule has 0 spiro atoms. The molecule has 0 saturated heterocycles. The number of fused-ring (bicyclic) bond motifs is 1. The van der Waals surface area contributed by atoms with Crippen molar-refractivity contribution in [2.45, 2.75) is 6.92 Å². The summed E-state index contributed by atoms with van der Waals surface area (Å²) in [6, 6.07) is 8.30. The molecule has 1 aromatic carbocycles. The van der Waals surface area contributed by atoms with Crippen molar-refractivity contribution in [3.05, 3.63) is 46.7 Å². The highest BCUT2D eigenvalue weighted by molar-refractivity contribution is 7.17. The van der Waals surface area contributed by atoms with Crippen molar-refractivity contribution in [2.75, 3.05) is 0 Å². The average molecular weight is 210 g/mol. The van der Waals surface area contributed by atoms with Gasteiger partial charge in [-0.05, 0) is 23.6 Å². The van der Waals surface area contributed by atoms with Gasteiger partial charge in [-0.25, -0.2) is 0 Å². The largest absolute Gasteiger partial charge is 0.136 e. The highest BCUT2D eigenvalue weighted by atomic mass is 32.1. The molecule has 2 radical (unpaired) electrons. The van der Waals surface area contributed by atoms with E-state index in [1.165, 1.54) is 14.6 Å². The van der Waals surface area contributed by atoms with E-state index in [9.17, 15) is 0 Å². The van der Waals surface area contributed by atoms with Crippen LogP contribution in [0.3, 0.4) is 0 Å². The smallest absolute Gasteiger partial charge is 0.114 e. The van der Waals surface area contributed by atoms with Gasteiger partial charge < -0.3 is 0 Å². The number of thiophene rings is 1. The predicted octanol–water partition coefficient (Wildman–Crippen LogP) is 2.16. The van der Waals surface area contributed by atoms with Crippen LogP contribution in [0.2, 0.25) is 0 Å². The first-order chi connectivity index (χ1) is 7.27. The number of allylic oxidation sites excluding steroid dienone is 1. The fourth-order valence-electron chi connectivity index (χ4n) is 1.67. The molecule has 0 fully saturated rings. The maximum absolute atomic E-state index is 5.97. The molecule has 0 aliphatic carbocycles. The van der Waals surface area contributed by atoms with Crippen LogP contribution < -0.4 is 9.75 Å². The van der Waals surface area contributed by atoms with Gasteiger partial charge in [0.2, 0.25) is 0 Å². The molecular formula is C13H11BS. The Balaban J connectivity index is 3.12. The molecule has 0 N–H and O–H groups in total. The number of benzene rings is 1. The second-order valence-corrected chi connectivity index (χ2v) is 4.37. The van der Waals surface area contributed by atoms with Gasteiger partial charge in [0.05, 0.1) is 0 Å². The van der Waals surface area contributed by atoms with E-state index in [-0.39, 0.29) is 0 Å². The fraction of sp³-hybridized carbons (Fsp3) is 0.0769. The van der Waals surface area contributed by atoms with Crippen LogP contribution in [0.25, 0.3) is 21.6 Å². The minimum atomic E-state index is 0.751. The van der Waals surface area contributed by atoms with Gasteiger partial charge in [0.1, 0.15) is 7.85 Å². The third-order valence-electron chi connectivity index (χ3n) is 2.39. The lowest BCUT2D eigenvalue weighted by molar-refractivity contribution is 1.71. The minimum absolute atomic E-state index is 0.751. The molecule has 0 saturated carbocycles. The zero-order valence-electron chi connectivity index (χ0n) is 8.66. The molecule has 0 nitrogen and oxygen atoms in total. The van der Waals surface area contributed by atoms with Crippen LogP contribution in [0, 0.1) is 0 Å². The molecule has 0 unspecified atom stereocenters. The second kappa shape index (κ2) is 4.07. The summed E-state index contributed by atoms with van der Waals surface area (Å²) in [5.41, 5.74) is 0.751. The van der Waals surface area contributed by atoms with Gasteiger partial charge in [0.25, 0.3) is 0 Å². The predicted molar refractivity (Wildman–Crippen MR) is 70.6 cm³/mol. The Hall–Kier alpha value is -1.28. The normalized spacial score (nSPS) is 14.3. The van der Waals surface area contributed by atoms with Crippen molar-refractivity contribution in [3.63, 3.8) is 0 Å². The maximum atomic E-state index is 5.97. The SMILES string of the molecule is [B]/C(C=C)=c1/c(=C\C)sc2ccccc12. The first-order valence-electron chi connectivity index (χ1n) is 4.84. The van der Waals surface area contributed by atoms with Crippen molar-refractivity contribution in [1.29, 1.82) is 0 Å². The molecule has 72 valence electrons. The Morgan fingerprint density at radius 1 is 1.40 bits per heavy atom. The highest BCUT2D eigenvalue weighted by Gasteiger charge is 2.00. The topological polar surface area (TPSA) is 0 Å². The molecule has 0 atom stereocenters. The van der Waals surface area contributed by atoms with Crippen molar-refractivity contribution in [3.8, 4) is 0 Å². The quantitative estimate of drug-likeness (QED) is 0.633. The van der Waals surface area contributed by atoms with E-state index < -0.39 is 0 Å². The van der Waals surface area contributed by atoms with E-state index in [4.69, 9.17) is 7.85 Å². The van der Waals surface area contributed by atoms with Crippen LogP contribution in [0.4, 0.5) is 0 Å². The number of hydrogen-bond acceptors (Lipinski definition) is 1. The van der Waals surface area contributed by atoms with E-state index in [0.717, 1.165) is 10.7 Å². The van der Waals surface area contributed by atoms with Crippen molar-refractivity contribution in [2.24, 2.45) is 0 Å². The summed E-state index contributed by atoms with van der Waals surface area (Å²) in [7, 11) is 5.97.